The third-order valence-corrected chi connectivity index (χ3v) is 3.84. The number of hydrogen-bond acceptors (Lipinski definition) is 2. The molecule has 0 bridgehead atoms. The van der Waals surface area contributed by atoms with Gasteiger partial charge < -0.3 is 0 Å². The molecule has 0 aromatic heterocycles. The molecule has 0 spiro atoms. The first-order chi connectivity index (χ1) is 7.92. The molecule has 2 aliphatic rings. The fourth-order valence-electron chi connectivity index (χ4n) is 2.85. The topological polar surface area (TPSA) is 6.48 Å². The normalized spacial score (nSPS) is 23.5. The van der Waals surface area contributed by atoms with Gasteiger partial charge in [0.05, 0.1) is 0 Å². The SMILES string of the molecule is c1ccc(CN2CC(N3CCCC3)C2)cc1. The minimum Gasteiger partial charge on any atom is -0.298 e. The standard InChI is InChI=1S/C14H20N2/c1-2-6-13(7-3-1)10-15-11-14(12-15)16-8-4-5-9-16/h1-3,6-7,14H,4-5,8-12H2. The Morgan fingerprint density at radius 2 is 1.69 bits per heavy atom. The highest BCUT2D eigenvalue weighted by Crippen LogP contribution is 2.21. The van der Waals surface area contributed by atoms with E-state index in [1.807, 2.05) is 0 Å². The van der Waals surface area contributed by atoms with Crippen molar-refractivity contribution in [2.45, 2.75) is 25.4 Å². The molecule has 0 amide bonds. The van der Waals surface area contributed by atoms with E-state index in [4.69, 9.17) is 0 Å². The van der Waals surface area contributed by atoms with E-state index in [-0.39, 0.29) is 0 Å². The molecular weight excluding hydrogens is 196 g/mol. The maximum Gasteiger partial charge on any atom is 0.0350 e. The van der Waals surface area contributed by atoms with Crippen molar-refractivity contribution in [3.8, 4) is 0 Å². The molecule has 2 heterocycles. The molecule has 16 heavy (non-hydrogen) atoms. The molecule has 0 unspecified atom stereocenters. The van der Waals surface area contributed by atoms with Crippen LogP contribution in [-0.4, -0.2) is 42.0 Å². The van der Waals surface area contributed by atoms with Gasteiger partial charge in [-0.25, -0.2) is 0 Å². The molecule has 2 fully saturated rings. The summed E-state index contributed by atoms with van der Waals surface area (Å²) in [6.45, 7) is 6.35. The second kappa shape index (κ2) is 4.56. The first-order valence-electron chi connectivity index (χ1n) is 6.42. The van der Waals surface area contributed by atoms with Crippen LogP contribution in [0, 0.1) is 0 Å². The third-order valence-electron chi connectivity index (χ3n) is 3.84. The molecule has 2 aliphatic heterocycles. The fraction of sp³-hybridized carbons (Fsp3) is 0.571. The van der Waals surface area contributed by atoms with Crippen LogP contribution in [0.1, 0.15) is 18.4 Å². The van der Waals surface area contributed by atoms with E-state index < -0.39 is 0 Å². The van der Waals surface area contributed by atoms with E-state index in [0.717, 1.165) is 12.6 Å². The van der Waals surface area contributed by atoms with Gasteiger partial charge in [-0.15, -0.1) is 0 Å². The Labute approximate surface area is 97.9 Å². The highest BCUT2D eigenvalue weighted by Gasteiger charge is 2.32. The summed E-state index contributed by atoms with van der Waals surface area (Å²) in [5.41, 5.74) is 1.45. The lowest BCUT2D eigenvalue weighted by Gasteiger charge is -2.44. The monoisotopic (exact) mass is 216 g/mol. The lowest BCUT2D eigenvalue weighted by atomic mass is 10.1. The second-order valence-electron chi connectivity index (χ2n) is 5.08. The van der Waals surface area contributed by atoms with Gasteiger partial charge in [-0.05, 0) is 31.5 Å². The van der Waals surface area contributed by atoms with Crippen molar-refractivity contribution < 1.29 is 0 Å². The van der Waals surface area contributed by atoms with Gasteiger partial charge in [-0.3, -0.25) is 9.80 Å². The Morgan fingerprint density at radius 1 is 1.00 bits per heavy atom. The lowest BCUT2D eigenvalue weighted by Crippen LogP contribution is -2.58. The van der Waals surface area contributed by atoms with Crippen LogP contribution in [0.15, 0.2) is 30.3 Å². The maximum atomic E-state index is 2.67. The predicted molar refractivity (Wildman–Crippen MR) is 66.3 cm³/mol. The van der Waals surface area contributed by atoms with Gasteiger partial charge in [0.15, 0.2) is 0 Å². The number of hydrogen-bond donors (Lipinski definition) is 0. The van der Waals surface area contributed by atoms with Crippen LogP contribution < -0.4 is 0 Å². The van der Waals surface area contributed by atoms with E-state index in [0.29, 0.717) is 0 Å². The van der Waals surface area contributed by atoms with Gasteiger partial charge in [-0.2, -0.15) is 0 Å². The van der Waals surface area contributed by atoms with E-state index in [2.05, 4.69) is 40.1 Å². The average molecular weight is 216 g/mol. The Balaban J connectivity index is 1.47. The van der Waals surface area contributed by atoms with Gasteiger partial charge in [0.2, 0.25) is 0 Å². The molecule has 1 aromatic carbocycles. The van der Waals surface area contributed by atoms with Gasteiger partial charge in [-0.1, -0.05) is 30.3 Å². The van der Waals surface area contributed by atoms with Crippen molar-refractivity contribution in [1.29, 1.82) is 0 Å². The smallest absolute Gasteiger partial charge is 0.0350 e. The first-order valence-corrected chi connectivity index (χ1v) is 6.42. The summed E-state index contributed by atoms with van der Waals surface area (Å²) in [5, 5.41) is 0. The average Bonchev–Trinajstić information content (AvgIpc) is 2.77. The Hall–Kier alpha value is -0.860. The van der Waals surface area contributed by atoms with Crippen LogP contribution in [0.5, 0.6) is 0 Å². The number of rotatable bonds is 3. The van der Waals surface area contributed by atoms with Crippen molar-refractivity contribution in [2.75, 3.05) is 26.2 Å². The molecule has 0 aliphatic carbocycles. The number of nitrogens with zero attached hydrogens (tertiary/aromatic N) is 2. The van der Waals surface area contributed by atoms with Gasteiger partial charge in [0.1, 0.15) is 0 Å². The zero-order valence-electron chi connectivity index (χ0n) is 9.81. The lowest BCUT2D eigenvalue weighted by molar-refractivity contribution is 0.0423. The third kappa shape index (κ3) is 2.13. The molecule has 0 atom stereocenters. The highest BCUT2D eigenvalue weighted by atomic mass is 15.3. The van der Waals surface area contributed by atoms with E-state index >= 15 is 0 Å². The summed E-state index contributed by atoms with van der Waals surface area (Å²) in [5.74, 6) is 0. The first kappa shape index (κ1) is 10.3. The Kier molecular flexibility index (Phi) is 2.94. The van der Waals surface area contributed by atoms with E-state index in [1.54, 1.807) is 0 Å². The van der Waals surface area contributed by atoms with Crippen molar-refractivity contribution in [1.82, 2.24) is 9.80 Å². The van der Waals surface area contributed by atoms with Gasteiger partial charge in [0.25, 0.3) is 0 Å². The maximum absolute atomic E-state index is 2.67. The van der Waals surface area contributed by atoms with Crippen LogP contribution in [0.25, 0.3) is 0 Å². The molecule has 3 rings (SSSR count). The van der Waals surface area contributed by atoms with Crippen molar-refractivity contribution in [3.05, 3.63) is 35.9 Å². The van der Waals surface area contributed by atoms with Crippen molar-refractivity contribution >= 4 is 0 Å². The van der Waals surface area contributed by atoms with E-state index in [9.17, 15) is 0 Å². The van der Waals surface area contributed by atoms with Crippen molar-refractivity contribution in [2.24, 2.45) is 0 Å². The molecular formula is C14H20N2. The molecule has 0 N–H and O–H groups in total. The second-order valence-corrected chi connectivity index (χ2v) is 5.08. The Bertz CT molecular complexity index is 324. The molecule has 2 heteroatoms. The predicted octanol–water partition coefficient (Wildman–Crippen LogP) is 1.97. The van der Waals surface area contributed by atoms with Gasteiger partial charge in [0, 0.05) is 25.7 Å². The zero-order valence-corrected chi connectivity index (χ0v) is 9.81. The van der Waals surface area contributed by atoms with Crippen LogP contribution in [0.4, 0.5) is 0 Å². The zero-order chi connectivity index (χ0) is 10.8. The number of benzene rings is 1. The van der Waals surface area contributed by atoms with Crippen LogP contribution in [0.3, 0.4) is 0 Å². The number of likely N-dealkylation sites (tertiary alicyclic amines) is 2. The molecule has 86 valence electrons. The van der Waals surface area contributed by atoms with Crippen LogP contribution in [-0.2, 0) is 6.54 Å². The minimum atomic E-state index is 0.853. The molecule has 1 aromatic rings. The fourth-order valence-corrected chi connectivity index (χ4v) is 2.85. The summed E-state index contributed by atoms with van der Waals surface area (Å²) < 4.78 is 0. The van der Waals surface area contributed by atoms with Crippen molar-refractivity contribution in [3.63, 3.8) is 0 Å². The highest BCUT2D eigenvalue weighted by molar-refractivity contribution is 5.15. The minimum absolute atomic E-state index is 0.853. The largest absolute Gasteiger partial charge is 0.298 e. The summed E-state index contributed by atoms with van der Waals surface area (Å²) in [6, 6.07) is 11.7. The van der Waals surface area contributed by atoms with Gasteiger partial charge >= 0.3 is 0 Å². The molecule has 2 nitrogen and oxygen atoms in total. The Morgan fingerprint density at radius 3 is 2.38 bits per heavy atom. The van der Waals surface area contributed by atoms with Crippen LogP contribution in [0.2, 0.25) is 0 Å². The summed E-state index contributed by atoms with van der Waals surface area (Å²) in [7, 11) is 0. The summed E-state index contributed by atoms with van der Waals surface area (Å²) in [4.78, 5) is 5.22. The molecule has 0 radical (unpaired) electrons. The summed E-state index contributed by atoms with van der Waals surface area (Å²) in [6.07, 6.45) is 2.82. The molecule has 2 saturated heterocycles. The van der Waals surface area contributed by atoms with Crippen LogP contribution >= 0.6 is 0 Å². The molecule has 0 saturated carbocycles. The summed E-state index contributed by atoms with van der Waals surface area (Å²) >= 11 is 0. The quantitative estimate of drug-likeness (QED) is 0.762. The van der Waals surface area contributed by atoms with E-state index in [1.165, 1.54) is 44.6 Å².